The molecule has 0 bridgehead atoms. The van der Waals surface area contributed by atoms with E-state index in [-0.39, 0.29) is 40.8 Å². The lowest BCUT2D eigenvalue weighted by Gasteiger charge is -2.28. The molecule has 1 heterocycles. The van der Waals surface area contributed by atoms with Crippen molar-refractivity contribution in [2.75, 3.05) is 32.3 Å². The van der Waals surface area contributed by atoms with E-state index >= 15 is 0 Å². The summed E-state index contributed by atoms with van der Waals surface area (Å²) in [6.07, 6.45) is 2.13. The molecule has 2 aliphatic rings. The minimum atomic E-state index is -3.10. The van der Waals surface area contributed by atoms with Gasteiger partial charge in [0.1, 0.15) is 17.1 Å². The largest absolute Gasteiger partial charge is 0.497 e. The van der Waals surface area contributed by atoms with E-state index < -0.39 is 22.4 Å². The van der Waals surface area contributed by atoms with Crippen LogP contribution in [0.1, 0.15) is 29.6 Å². The summed E-state index contributed by atoms with van der Waals surface area (Å²) in [6, 6.07) is 4.38. The maximum atomic E-state index is 12.6. The number of rotatable bonds is 7. The van der Waals surface area contributed by atoms with Crippen LogP contribution in [-0.2, 0) is 19.4 Å². The Morgan fingerprint density at radius 3 is 2.41 bits per heavy atom. The molecule has 0 aromatic heterocycles. The van der Waals surface area contributed by atoms with Gasteiger partial charge in [-0.05, 0) is 31.4 Å². The predicted molar refractivity (Wildman–Crippen MR) is 96.8 cm³/mol. The molecule has 1 saturated heterocycles. The summed E-state index contributed by atoms with van der Waals surface area (Å²) in [5.41, 5.74) is 0.188. The fourth-order valence-corrected chi connectivity index (χ4v) is 5.01. The maximum absolute atomic E-state index is 12.6. The summed E-state index contributed by atoms with van der Waals surface area (Å²) in [5, 5.41) is 0. The van der Waals surface area contributed by atoms with Crippen molar-refractivity contribution in [1.82, 2.24) is 4.90 Å². The van der Waals surface area contributed by atoms with Crippen molar-refractivity contribution in [2.24, 2.45) is 0 Å². The first kappa shape index (κ1) is 19.5. The maximum Gasteiger partial charge on any atom is 0.342 e. The second-order valence-electron chi connectivity index (χ2n) is 6.73. The third kappa shape index (κ3) is 4.52. The molecule has 1 amide bonds. The molecule has 9 heteroatoms. The van der Waals surface area contributed by atoms with E-state index in [2.05, 4.69) is 0 Å². The van der Waals surface area contributed by atoms with Crippen molar-refractivity contribution in [3.63, 3.8) is 0 Å². The van der Waals surface area contributed by atoms with Gasteiger partial charge in [0, 0.05) is 18.2 Å². The third-order valence-corrected chi connectivity index (χ3v) is 6.54. The fourth-order valence-electron chi connectivity index (χ4n) is 3.30. The Balaban J connectivity index is 1.65. The molecule has 0 radical (unpaired) electrons. The molecule has 2 fully saturated rings. The number of sulfone groups is 1. The zero-order valence-electron chi connectivity index (χ0n) is 15.3. The molecule has 1 saturated carbocycles. The summed E-state index contributed by atoms with van der Waals surface area (Å²) >= 11 is 0. The zero-order valence-corrected chi connectivity index (χ0v) is 16.2. The Hall–Kier alpha value is -2.29. The highest BCUT2D eigenvalue weighted by molar-refractivity contribution is 7.91. The van der Waals surface area contributed by atoms with E-state index in [1.807, 2.05) is 0 Å². The lowest BCUT2D eigenvalue weighted by Crippen LogP contribution is -2.44. The lowest BCUT2D eigenvalue weighted by atomic mass is 10.2. The van der Waals surface area contributed by atoms with Crippen molar-refractivity contribution < 1.29 is 32.2 Å². The van der Waals surface area contributed by atoms with Gasteiger partial charge >= 0.3 is 5.97 Å². The number of hydrogen-bond acceptors (Lipinski definition) is 7. The minimum Gasteiger partial charge on any atom is -0.497 e. The first-order chi connectivity index (χ1) is 12.8. The number of benzene rings is 1. The molecule has 1 atom stereocenters. The van der Waals surface area contributed by atoms with Crippen LogP contribution in [-0.4, -0.2) is 69.6 Å². The van der Waals surface area contributed by atoms with Crippen LogP contribution >= 0.6 is 0 Å². The number of esters is 1. The second-order valence-corrected chi connectivity index (χ2v) is 8.96. The van der Waals surface area contributed by atoms with Crippen LogP contribution in [0.5, 0.6) is 11.5 Å². The average Bonchev–Trinajstić information content (AvgIpc) is 3.42. The van der Waals surface area contributed by atoms with Gasteiger partial charge in [0.15, 0.2) is 16.4 Å². The molecule has 1 aliphatic heterocycles. The molecule has 1 aromatic carbocycles. The molecule has 1 aromatic rings. The number of amides is 1. The topological polar surface area (TPSA) is 99.2 Å². The Labute approximate surface area is 158 Å². The molecule has 0 spiro atoms. The van der Waals surface area contributed by atoms with E-state index in [9.17, 15) is 18.0 Å². The predicted octanol–water partition coefficient (Wildman–Crippen LogP) is 1.04. The van der Waals surface area contributed by atoms with Gasteiger partial charge in [-0.25, -0.2) is 13.2 Å². The van der Waals surface area contributed by atoms with E-state index in [4.69, 9.17) is 14.2 Å². The van der Waals surface area contributed by atoms with Gasteiger partial charge in [0.2, 0.25) is 0 Å². The SMILES string of the molecule is COc1ccc(C(=O)OCC(=O)N(C2CC2)[C@H]2CCS(=O)(=O)C2)c(OC)c1. The van der Waals surface area contributed by atoms with Gasteiger partial charge in [0.05, 0.1) is 25.7 Å². The van der Waals surface area contributed by atoms with Crippen LogP contribution in [0.4, 0.5) is 0 Å². The second kappa shape index (κ2) is 7.75. The fraction of sp³-hybridized carbons (Fsp3) is 0.556. The number of ether oxygens (including phenoxy) is 3. The minimum absolute atomic E-state index is 0.0184. The van der Waals surface area contributed by atoms with Crippen LogP contribution in [0, 0.1) is 0 Å². The highest BCUT2D eigenvalue weighted by atomic mass is 32.2. The molecule has 1 aliphatic carbocycles. The van der Waals surface area contributed by atoms with Crippen molar-refractivity contribution in [1.29, 1.82) is 0 Å². The van der Waals surface area contributed by atoms with Crippen LogP contribution in [0.15, 0.2) is 18.2 Å². The van der Waals surface area contributed by atoms with Gasteiger partial charge in [0.25, 0.3) is 5.91 Å². The average molecular weight is 397 g/mol. The van der Waals surface area contributed by atoms with Crippen molar-refractivity contribution in [3.05, 3.63) is 23.8 Å². The summed E-state index contributed by atoms with van der Waals surface area (Å²) in [6.45, 7) is -0.429. The summed E-state index contributed by atoms with van der Waals surface area (Å²) in [7, 11) is -0.176. The molecule has 8 nitrogen and oxygen atoms in total. The lowest BCUT2D eigenvalue weighted by molar-refractivity contribution is -0.137. The molecule has 0 N–H and O–H groups in total. The highest BCUT2D eigenvalue weighted by Crippen LogP contribution is 2.32. The smallest absolute Gasteiger partial charge is 0.342 e. The highest BCUT2D eigenvalue weighted by Gasteiger charge is 2.42. The summed E-state index contributed by atoms with van der Waals surface area (Å²) in [5.74, 6) is -0.153. The first-order valence-corrected chi connectivity index (χ1v) is 10.6. The number of methoxy groups -OCH3 is 2. The van der Waals surface area contributed by atoms with E-state index in [0.29, 0.717) is 12.2 Å². The zero-order chi connectivity index (χ0) is 19.6. The van der Waals surface area contributed by atoms with Crippen molar-refractivity contribution >= 4 is 21.7 Å². The summed E-state index contributed by atoms with van der Waals surface area (Å²) in [4.78, 5) is 26.6. The van der Waals surface area contributed by atoms with Gasteiger partial charge in [-0.1, -0.05) is 0 Å². The van der Waals surface area contributed by atoms with Crippen molar-refractivity contribution in [2.45, 2.75) is 31.3 Å². The normalized spacial score (nSPS) is 20.7. The van der Waals surface area contributed by atoms with Gasteiger partial charge < -0.3 is 19.1 Å². The Kier molecular flexibility index (Phi) is 5.59. The molecular weight excluding hydrogens is 374 g/mol. The first-order valence-electron chi connectivity index (χ1n) is 8.75. The van der Waals surface area contributed by atoms with Gasteiger partial charge in [-0.3, -0.25) is 4.79 Å². The van der Waals surface area contributed by atoms with E-state index in [0.717, 1.165) is 12.8 Å². The Morgan fingerprint density at radius 2 is 1.85 bits per heavy atom. The van der Waals surface area contributed by atoms with Crippen LogP contribution in [0.25, 0.3) is 0 Å². The quantitative estimate of drug-likeness (QED) is 0.634. The van der Waals surface area contributed by atoms with Crippen molar-refractivity contribution in [3.8, 4) is 11.5 Å². The molecule has 0 unspecified atom stereocenters. The number of nitrogens with zero attached hydrogens (tertiary/aromatic N) is 1. The van der Waals surface area contributed by atoms with Gasteiger partial charge in [-0.2, -0.15) is 0 Å². The molecule has 3 rings (SSSR count). The monoisotopic (exact) mass is 397 g/mol. The Bertz CT molecular complexity index is 832. The van der Waals surface area contributed by atoms with E-state index in [1.165, 1.54) is 20.3 Å². The number of hydrogen-bond donors (Lipinski definition) is 0. The molecular formula is C18H23NO7S. The standard InChI is InChI=1S/C18H23NO7S/c1-24-14-5-6-15(16(9-14)25-2)18(21)26-10-17(20)19(12-3-4-12)13-7-8-27(22,23)11-13/h5-6,9,12-13H,3-4,7-8,10-11H2,1-2H3/t13-/m0/s1. The van der Waals surface area contributed by atoms with Crippen LogP contribution < -0.4 is 9.47 Å². The number of carbonyl (C=O) groups excluding carboxylic acids is 2. The number of carbonyl (C=O) groups is 2. The van der Waals surface area contributed by atoms with E-state index in [1.54, 1.807) is 17.0 Å². The Morgan fingerprint density at radius 1 is 1.11 bits per heavy atom. The van der Waals surface area contributed by atoms with Crippen LogP contribution in [0.3, 0.4) is 0 Å². The summed E-state index contributed by atoms with van der Waals surface area (Å²) < 4.78 is 38.9. The molecule has 148 valence electrons. The third-order valence-electron chi connectivity index (χ3n) is 4.79. The van der Waals surface area contributed by atoms with Gasteiger partial charge in [-0.15, -0.1) is 0 Å². The van der Waals surface area contributed by atoms with Crippen LogP contribution in [0.2, 0.25) is 0 Å². The molecule has 27 heavy (non-hydrogen) atoms.